The molecule has 5 heteroatoms. The van der Waals surface area contributed by atoms with E-state index in [2.05, 4.69) is 12.1 Å². The Labute approximate surface area is 91.0 Å². The third kappa shape index (κ3) is 5.74. The summed E-state index contributed by atoms with van der Waals surface area (Å²) >= 11 is 0. The highest BCUT2D eigenvalue weighted by atomic mass is 16.6. The van der Waals surface area contributed by atoms with Crippen molar-refractivity contribution in [3.05, 3.63) is 12.3 Å². The zero-order valence-corrected chi connectivity index (χ0v) is 9.71. The van der Waals surface area contributed by atoms with Crippen LogP contribution >= 0.6 is 0 Å². The first kappa shape index (κ1) is 14.4. The van der Waals surface area contributed by atoms with Crippen LogP contribution in [0.1, 0.15) is 6.92 Å². The van der Waals surface area contributed by atoms with Crippen molar-refractivity contribution in [3.8, 4) is 0 Å². The van der Waals surface area contributed by atoms with Crippen LogP contribution in [0.3, 0.4) is 0 Å². The number of hydrogen-bond donors (Lipinski definition) is 2. The zero-order valence-electron chi connectivity index (χ0n) is 9.71. The fourth-order valence-electron chi connectivity index (χ4n) is 1.19. The van der Waals surface area contributed by atoms with Gasteiger partial charge in [0.1, 0.15) is 0 Å². The van der Waals surface area contributed by atoms with Crippen molar-refractivity contribution in [1.82, 2.24) is 5.48 Å². The number of hydroxylamine groups is 1. The Kier molecular flexibility index (Phi) is 7.33. The van der Waals surface area contributed by atoms with Gasteiger partial charge in [-0.25, -0.2) is 0 Å². The van der Waals surface area contributed by atoms with Crippen molar-refractivity contribution in [2.45, 2.75) is 6.92 Å². The number of hydrogen-bond acceptors (Lipinski definition) is 5. The molecule has 0 saturated heterocycles. The summed E-state index contributed by atoms with van der Waals surface area (Å²) in [6.45, 7) is 6.38. The van der Waals surface area contributed by atoms with E-state index in [1.165, 1.54) is 0 Å². The lowest BCUT2D eigenvalue weighted by molar-refractivity contribution is -0.0943. The van der Waals surface area contributed by atoms with Crippen molar-refractivity contribution in [3.63, 3.8) is 0 Å². The molecule has 0 rings (SSSR count). The Morgan fingerprint density at radius 2 is 1.80 bits per heavy atom. The number of aliphatic hydroxyl groups is 1. The molecule has 0 unspecified atom stereocenters. The molecule has 0 aliphatic rings. The Bertz CT molecular complexity index is 178. The van der Waals surface area contributed by atoms with Crippen LogP contribution in [0.5, 0.6) is 0 Å². The molecule has 0 spiro atoms. The van der Waals surface area contributed by atoms with E-state index < -0.39 is 5.41 Å². The second kappa shape index (κ2) is 7.64. The topological polar surface area (TPSA) is 60.0 Å². The van der Waals surface area contributed by atoms with Crippen molar-refractivity contribution >= 4 is 0 Å². The molecule has 0 aliphatic carbocycles. The number of nitrogens with one attached hydrogen (secondary N) is 1. The summed E-state index contributed by atoms with van der Waals surface area (Å²) in [5.74, 6) is 0. The van der Waals surface area contributed by atoms with Crippen LogP contribution in [0.15, 0.2) is 12.3 Å². The quantitative estimate of drug-likeness (QED) is 0.547. The summed E-state index contributed by atoms with van der Waals surface area (Å²) in [6, 6.07) is 0. The normalized spacial score (nSPS) is 11.5. The molecule has 0 heterocycles. The molecule has 0 aromatic rings. The van der Waals surface area contributed by atoms with Gasteiger partial charge >= 0.3 is 0 Å². The van der Waals surface area contributed by atoms with E-state index >= 15 is 0 Å². The van der Waals surface area contributed by atoms with E-state index in [0.29, 0.717) is 18.9 Å². The standard InChI is InChI=1S/C10H21NO4/c1-9(2)11-15-8-10(5-12,6-13-3)7-14-4/h11-12H,1,5-8H2,2-4H3. The van der Waals surface area contributed by atoms with Crippen LogP contribution in [0.4, 0.5) is 0 Å². The molecule has 0 amide bonds. The minimum absolute atomic E-state index is 0.0629. The van der Waals surface area contributed by atoms with Gasteiger partial charge in [-0.05, 0) is 6.92 Å². The van der Waals surface area contributed by atoms with E-state index in [-0.39, 0.29) is 13.2 Å². The van der Waals surface area contributed by atoms with Crippen LogP contribution in [-0.2, 0) is 14.3 Å². The maximum Gasteiger partial charge on any atom is 0.0868 e. The first-order valence-corrected chi connectivity index (χ1v) is 4.72. The van der Waals surface area contributed by atoms with E-state index in [1.807, 2.05) is 0 Å². The van der Waals surface area contributed by atoms with Crippen LogP contribution in [0.25, 0.3) is 0 Å². The third-order valence-corrected chi connectivity index (χ3v) is 1.86. The van der Waals surface area contributed by atoms with E-state index in [9.17, 15) is 5.11 Å². The summed E-state index contributed by atoms with van der Waals surface area (Å²) in [7, 11) is 3.15. The summed E-state index contributed by atoms with van der Waals surface area (Å²) < 4.78 is 10.1. The molecule has 0 radical (unpaired) electrons. The van der Waals surface area contributed by atoms with Crippen LogP contribution in [0.2, 0.25) is 0 Å². The summed E-state index contributed by atoms with van der Waals surface area (Å²) in [5.41, 5.74) is 2.80. The first-order valence-electron chi connectivity index (χ1n) is 4.72. The number of ether oxygens (including phenoxy) is 2. The maximum absolute atomic E-state index is 9.31. The van der Waals surface area contributed by atoms with Crippen LogP contribution in [-0.4, -0.2) is 45.8 Å². The minimum Gasteiger partial charge on any atom is -0.396 e. The van der Waals surface area contributed by atoms with Gasteiger partial charge in [0.05, 0.1) is 31.8 Å². The smallest absolute Gasteiger partial charge is 0.0868 e. The molecule has 90 valence electrons. The van der Waals surface area contributed by atoms with Gasteiger partial charge in [-0.1, -0.05) is 6.58 Å². The predicted molar refractivity (Wildman–Crippen MR) is 57.2 cm³/mol. The number of aliphatic hydroxyl groups excluding tert-OH is 1. The average molecular weight is 219 g/mol. The van der Waals surface area contributed by atoms with Crippen molar-refractivity contribution in [1.29, 1.82) is 0 Å². The molecule has 0 aromatic carbocycles. The monoisotopic (exact) mass is 219 g/mol. The lowest BCUT2D eigenvalue weighted by atomic mass is 9.92. The lowest BCUT2D eigenvalue weighted by Gasteiger charge is -2.29. The van der Waals surface area contributed by atoms with Crippen molar-refractivity contribution < 1.29 is 19.4 Å². The van der Waals surface area contributed by atoms with Gasteiger partial charge in [0.15, 0.2) is 0 Å². The van der Waals surface area contributed by atoms with Gasteiger partial charge in [0.25, 0.3) is 0 Å². The summed E-state index contributed by atoms with van der Waals surface area (Å²) in [5, 5.41) is 9.31. The molecule has 2 N–H and O–H groups in total. The number of rotatable bonds is 9. The molecule has 0 fully saturated rings. The minimum atomic E-state index is -0.536. The van der Waals surface area contributed by atoms with Gasteiger partial charge in [-0.2, -0.15) is 0 Å². The molecular formula is C10H21NO4. The van der Waals surface area contributed by atoms with Crippen LogP contribution in [0, 0.1) is 5.41 Å². The average Bonchev–Trinajstić information content (AvgIpc) is 2.17. The summed E-state index contributed by atoms with van der Waals surface area (Å²) in [6.07, 6.45) is 0. The van der Waals surface area contributed by atoms with E-state index in [4.69, 9.17) is 14.3 Å². The molecule has 15 heavy (non-hydrogen) atoms. The second-order valence-corrected chi connectivity index (χ2v) is 3.70. The molecular weight excluding hydrogens is 198 g/mol. The fraction of sp³-hybridized carbons (Fsp3) is 0.800. The highest BCUT2D eigenvalue weighted by molar-refractivity contribution is 4.81. The van der Waals surface area contributed by atoms with E-state index in [0.717, 1.165) is 0 Å². The molecule has 0 aromatic heterocycles. The maximum atomic E-state index is 9.31. The van der Waals surface area contributed by atoms with Gasteiger partial charge in [0.2, 0.25) is 0 Å². The summed E-state index contributed by atoms with van der Waals surface area (Å²) in [4.78, 5) is 5.19. The fourth-order valence-corrected chi connectivity index (χ4v) is 1.19. The number of methoxy groups -OCH3 is 2. The highest BCUT2D eigenvalue weighted by Crippen LogP contribution is 2.17. The first-order chi connectivity index (χ1) is 7.10. The van der Waals surface area contributed by atoms with Gasteiger partial charge in [0, 0.05) is 19.9 Å². The molecule has 0 atom stereocenters. The second-order valence-electron chi connectivity index (χ2n) is 3.70. The SMILES string of the molecule is C=C(C)NOCC(CO)(COC)COC. The van der Waals surface area contributed by atoms with Crippen LogP contribution < -0.4 is 5.48 Å². The lowest BCUT2D eigenvalue weighted by Crippen LogP contribution is -2.41. The Morgan fingerprint density at radius 1 is 1.27 bits per heavy atom. The Balaban J connectivity index is 4.13. The Hall–Kier alpha value is -0.620. The number of allylic oxidation sites excluding steroid dienone is 1. The molecule has 0 aliphatic heterocycles. The molecule has 0 saturated carbocycles. The van der Waals surface area contributed by atoms with Crippen molar-refractivity contribution in [2.24, 2.45) is 5.41 Å². The van der Waals surface area contributed by atoms with Gasteiger partial charge < -0.3 is 14.6 Å². The molecule has 5 nitrogen and oxygen atoms in total. The Morgan fingerprint density at radius 3 is 2.13 bits per heavy atom. The van der Waals surface area contributed by atoms with E-state index in [1.54, 1.807) is 21.1 Å². The van der Waals surface area contributed by atoms with Gasteiger partial charge in [-0.15, -0.1) is 0 Å². The largest absolute Gasteiger partial charge is 0.396 e. The van der Waals surface area contributed by atoms with Crippen molar-refractivity contribution in [2.75, 3.05) is 40.6 Å². The van der Waals surface area contributed by atoms with Gasteiger partial charge in [-0.3, -0.25) is 10.3 Å². The third-order valence-electron chi connectivity index (χ3n) is 1.86. The highest BCUT2D eigenvalue weighted by Gasteiger charge is 2.30. The zero-order chi connectivity index (χ0) is 11.7. The molecule has 0 bridgehead atoms. The predicted octanol–water partition coefficient (Wildman–Crippen LogP) is 0.313.